The van der Waals surface area contributed by atoms with Crippen LogP contribution >= 0.6 is 0 Å². The van der Waals surface area contributed by atoms with Crippen LogP contribution in [0, 0.1) is 18.4 Å². The van der Waals surface area contributed by atoms with Crippen molar-refractivity contribution in [2.24, 2.45) is 0 Å². The Hall–Kier alpha value is -2.80. The predicted molar refractivity (Wildman–Crippen MR) is 71.1 cm³/mol. The summed E-state index contributed by atoms with van der Waals surface area (Å²) in [5.41, 5.74) is 2.98. The summed E-state index contributed by atoms with van der Waals surface area (Å²) in [5.74, 6) is -0.0271. The van der Waals surface area contributed by atoms with Gasteiger partial charge in [-0.2, -0.15) is 0 Å². The zero-order chi connectivity index (χ0) is 14.1. The van der Waals surface area contributed by atoms with Gasteiger partial charge in [-0.25, -0.2) is 4.79 Å². The molecule has 0 spiro atoms. The lowest BCUT2D eigenvalue weighted by Crippen LogP contribution is -2.03. The van der Waals surface area contributed by atoms with E-state index in [1.807, 2.05) is 31.2 Å². The van der Waals surface area contributed by atoms with E-state index >= 15 is 0 Å². The minimum Gasteiger partial charge on any atom is -0.449 e. The first kappa shape index (κ1) is 12.2. The van der Waals surface area contributed by atoms with Crippen molar-refractivity contribution in [3.63, 3.8) is 0 Å². The fourth-order valence-corrected chi connectivity index (χ4v) is 2.46. The zero-order valence-electron chi connectivity index (χ0n) is 10.8. The third-order valence-electron chi connectivity index (χ3n) is 3.40. The molecule has 1 aliphatic rings. The summed E-state index contributed by atoms with van der Waals surface area (Å²) < 4.78 is 10.4. The van der Waals surface area contributed by atoms with Crippen LogP contribution in [0.4, 0.5) is 0 Å². The van der Waals surface area contributed by atoms with Gasteiger partial charge in [0.25, 0.3) is 6.26 Å². The molecule has 3 rings (SSSR count). The maximum atomic E-state index is 12.0. The predicted octanol–water partition coefficient (Wildman–Crippen LogP) is 3.11. The van der Waals surface area contributed by atoms with Crippen molar-refractivity contribution in [3.05, 3.63) is 64.7 Å². The van der Waals surface area contributed by atoms with Gasteiger partial charge >= 0.3 is 5.97 Å². The molecule has 2 aromatic carbocycles. The van der Waals surface area contributed by atoms with Crippen LogP contribution in [0.3, 0.4) is 0 Å². The van der Waals surface area contributed by atoms with Crippen LogP contribution in [0.25, 0.3) is 0 Å². The van der Waals surface area contributed by atoms with Crippen molar-refractivity contribution in [2.75, 3.05) is 0 Å². The van der Waals surface area contributed by atoms with E-state index in [0.717, 1.165) is 11.1 Å². The van der Waals surface area contributed by atoms with Crippen molar-refractivity contribution in [1.82, 2.24) is 0 Å². The molecule has 4 heteroatoms. The van der Waals surface area contributed by atoms with E-state index in [-0.39, 0.29) is 0 Å². The van der Waals surface area contributed by atoms with Gasteiger partial charge in [-0.3, -0.25) is 0 Å². The number of nitriles is 1. The summed E-state index contributed by atoms with van der Waals surface area (Å²) in [7, 11) is 0. The highest BCUT2D eigenvalue weighted by Crippen LogP contribution is 2.42. The molecule has 20 heavy (non-hydrogen) atoms. The highest BCUT2D eigenvalue weighted by Gasteiger charge is 2.36. The third-order valence-corrected chi connectivity index (χ3v) is 3.40. The van der Waals surface area contributed by atoms with Gasteiger partial charge in [0.2, 0.25) is 0 Å². The number of cyclic esters (lactones) is 1. The SMILES string of the molecule is Cc1ccccc1C1OC(=O)c2cccc(OC#N)c21. The van der Waals surface area contributed by atoms with Crippen LogP contribution in [0.15, 0.2) is 42.5 Å². The lowest BCUT2D eigenvalue weighted by molar-refractivity contribution is 0.0454. The minimum atomic E-state index is -0.525. The van der Waals surface area contributed by atoms with Gasteiger partial charge in [-0.15, -0.1) is 5.26 Å². The molecule has 1 unspecified atom stereocenters. The number of nitrogens with zero attached hydrogens (tertiary/aromatic N) is 1. The van der Waals surface area contributed by atoms with Crippen molar-refractivity contribution >= 4 is 5.97 Å². The number of hydrogen-bond donors (Lipinski definition) is 0. The second-order valence-corrected chi connectivity index (χ2v) is 4.55. The number of benzene rings is 2. The first-order valence-corrected chi connectivity index (χ1v) is 6.17. The normalized spacial score (nSPS) is 16.2. The quantitative estimate of drug-likeness (QED) is 0.618. The van der Waals surface area contributed by atoms with Crippen LogP contribution < -0.4 is 4.74 Å². The van der Waals surface area contributed by atoms with Crippen LogP contribution in [0.2, 0.25) is 0 Å². The van der Waals surface area contributed by atoms with E-state index in [9.17, 15) is 4.79 Å². The number of carbonyl (C=O) groups is 1. The van der Waals surface area contributed by atoms with Crippen LogP contribution in [0.1, 0.15) is 33.2 Å². The van der Waals surface area contributed by atoms with E-state index < -0.39 is 12.1 Å². The average Bonchev–Trinajstić information content (AvgIpc) is 2.78. The zero-order valence-corrected chi connectivity index (χ0v) is 10.8. The molecular weight excluding hydrogens is 254 g/mol. The van der Waals surface area contributed by atoms with Gasteiger partial charge in [0.05, 0.1) is 11.1 Å². The monoisotopic (exact) mass is 265 g/mol. The number of rotatable bonds is 2. The first-order chi connectivity index (χ1) is 9.72. The Morgan fingerprint density at radius 2 is 2.00 bits per heavy atom. The molecular formula is C16H11NO3. The number of carbonyl (C=O) groups excluding carboxylic acids is 1. The molecule has 0 radical (unpaired) electrons. The van der Waals surface area contributed by atoms with Gasteiger partial charge in [0.15, 0.2) is 6.10 Å². The smallest absolute Gasteiger partial charge is 0.339 e. The van der Waals surface area contributed by atoms with Crippen molar-refractivity contribution in [2.45, 2.75) is 13.0 Å². The van der Waals surface area contributed by atoms with Crippen molar-refractivity contribution in [3.8, 4) is 12.0 Å². The highest BCUT2D eigenvalue weighted by atomic mass is 16.6. The minimum absolute atomic E-state index is 0.365. The molecule has 0 bridgehead atoms. The lowest BCUT2D eigenvalue weighted by atomic mass is 9.95. The van der Waals surface area contributed by atoms with Crippen molar-refractivity contribution < 1.29 is 14.3 Å². The maximum Gasteiger partial charge on any atom is 0.339 e. The lowest BCUT2D eigenvalue weighted by Gasteiger charge is -2.15. The molecule has 2 aromatic rings. The molecule has 0 N–H and O–H groups in total. The highest BCUT2D eigenvalue weighted by molar-refractivity contribution is 5.95. The summed E-state index contributed by atoms with van der Waals surface area (Å²) in [6.07, 6.45) is 1.12. The maximum absolute atomic E-state index is 12.0. The van der Waals surface area contributed by atoms with Gasteiger partial charge in [0.1, 0.15) is 5.75 Å². The Morgan fingerprint density at radius 1 is 1.20 bits per heavy atom. The second kappa shape index (κ2) is 4.71. The van der Waals surface area contributed by atoms with Crippen molar-refractivity contribution in [1.29, 1.82) is 5.26 Å². The number of aryl methyl sites for hydroxylation is 1. The topological polar surface area (TPSA) is 59.3 Å². The molecule has 0 aliphatic carbocycles. The Bertz CT molecular complexity index is 731. The molecule has 1 aliphatic heterocycles. The van der Waals surface area contributed by atoms with Crippen LogP contribution in [0.5, 0.6) is 5.75 Å². The summed E-state index contributed by atoms with van der Waals surface area (Å²) in [5, 5.41) is 8.73. The van der Waals surface area contributed by atoms with E-state index in [1.54, 1.807) is 24.5 Å². The molecule has 4 nitrogen and oxygen atoms in total. The fourth-order valence-electron chi connectivity index (χ4n) is 2.46. The van der Waals surface area contributed by atoms with Crippen LogP contribution in [-0.4, -0.2) is 5.97 Å². The van der Waals surface area contributed by atoms with E-state index in [4.69, 9.17) is 14.7 Å². The first-order valence-electron chi connectivity index (χ1n) is 6.17. The number of ether oxygens (including phenoxy) is 2. The molecule has 98 valence electrons. The largest absolute Gasteiger partial charge is 0.449 e. The Balaban J connectivity index is 2.18. The van der Waals surface area contributed by atoms with E-state index in [2.05, 4.69) is 0 Å². The third kappa shape index (κ3) is 1.81. The molecule has 1 atom stereocenters. The molecule has 1 heterocycles. The summed E-state index contributed by atoms with van der Waals surface area (Å²) in [6.45, 7) is 1.95. The van der Waals surface area contributed by atoms with Crippen LogP contribution in [-0.2, 0) is 4.74 Å². The molecule has 0 fully saturated rings. The number of hydrogen-bond acceptors (Lipinski definition) is 4. The summed E-state index contributed by atoms with van der Waals surface area (Å²) in [4.78, 5) is 12.0. The van der Waals surface area contributed by atoms with Gasteiger partial charge in [-0.05, 0) is 24.6 Å². The molecule has 0 amide bonds. The number of fused-ring (bicyclic) bond motifs is 1. The Morgan fingerprint density at radius 3 is 2.75 bits per heavy atom. The average molecular weight is 265 g/mol. The fraction of sp³-hybridized carbons (Fsp3) is 0.125. The Kier molecular flexibility index (Phi) is 2.88. The molecule has 0 aromatic heterocycles. The summed E-state index contributed by atoms with van der Waals surface area (Å²) >= 11 is 0. The van der Waals surface area contributed by atoms with Gasteiger partial charge < -0.3 is 9.47 Å². The van der Waals surface area contributed by atoms with Gasteiger partial charge in [-0.1, -0.05) is 30.3 Å². The number of esters is 1. The Labute approximate surface area is 116 Å². The molecule has 0 saturated heterocycles. The molecule has 0 saturated carbocycles. The second-order valence-electron chi connectivity index (χ2n) is 4.55. The standard InChI is InChI=1S/C16H11NO3/c1-10-5-2-3-6-11(10)15-14-12(16(18)20-15)7-4-8-13(14)19-9-17/h2-8,15H,1H3. The van der Waals surface area contributed by atoms with E-state index in [1.165, 1.54) is 0 Å². The van der Waals surface area contributed by atoms with E-state index in [0.29, 0.717) is 16.9 Å². The summed E-state index contributed by atoms with van der Waals surface area (Å²) in [6, 6.07) is 12.7. The van der Waals surface area contributed by atoms with Gasteiger partial charge in [0, 0.05) is 5.56 Å².